The van der Waals surface area contributed by atoms with Crippen molar-refractivity contribution >= 4 is 23.4 Å². The summed E-state index contributed by atoms with van der Waals surface area (Å²) < 4.78 is 16.3. The molecule has 4 heterocycles. The number of aromatic nitrogens is 6. The van der Waals surface area contributed by atoms with Crippen LogP contribution in [0.1, 0.15) is 29.8 Å². The number of nitrogens with one attached hydrogen (secondary N) is 1. The van der Waals surface area contributed by atoms with Gasteiger partial charge in [-0.15, -0.1) is 10.2 Å². The fourth-order valence-electron chi connectivity index (χ4n) is 5.86. The van der Waals surface area contributed by atoms with Gasteiger partial charge in [0.05, 0.1) is 23.6 Å². The summed E-state index contributed by atoms with van der Waals surface area (Å²) in [6.45, 7) is 0.799. The van der Waals surface area contributed by atoms with Crippen LogP contribution in [0.5, 0.6) is 0 Å². The van der Waals surface area contributed by atoms with E-state index in [2.05, 4.69) is 26.7 Å². The number of hydrogen-bond acceptors (Lipinski definition) is 7. The van der Waals surface area contributed by atoms with E-state index in [0.717, 1.165) is 27.2 Å². The number of tetrazole rings is 1. The molecule has 2 aliphatic heterocycles. The molecule has 0 radical (unpaired) electrons. The minimum atomic E-state index is -0.760. The van der Waals surface area contributed by atoms with Crippen LogP contribution >= 0.6 is 11.6 Å². The lowest BCUT2D eigenvalue weighted by atomic mass is 10.0. The van der Waals surface area contributed by atoms with E-state index >= 15 is 0 Å². The Kier molecular flexibility index (Phi) is 7.89. The number of carbonyl (C=O) groups excluding carboxylic acids is 2. The molecule has 222 valence electrons. The molecule has 4 aromatic rings. The molecule has 43 heavy (non-hydrogen) atoms. The molecule has 12 nitrogen and oxygen atoms in total. The Bertz CT molecular complexity index is 1800. The van der Waals surface area contributed by atoms with Gasteiger partial charge in [0.15, 0.2) is 5.82 Å². The molecule has 1 N–H and O–H groups in total. The maximum atomic E-state index is 14.3. The molecule has 0 saturated carbocycles. The second-order valence-corrected chi connectivity index (χ2v) is 11.0. The van der Waals surface area contributed by atoms with Gasteiger partial charge in [-0.05, 0) is 36.5 Å². The number of piperidine rings is 1. The van der Waals surface area contributed by atoms with Crippen LogP contribution in [0.25, 0.3) is 11.1 Å². The Morgan fingerprint density at radius 1 is 1.00 bits per heavy atom. The molecule has 1 fully saturated rings. The van der Waals surface area contributed by atoms with Crippen LogP contribution in [0.15, 0.2) is 58.3 Å². The van der Waals surface area contributed by atoms with Crippen molar-refractivity contribution in [3.63, 3.8) is 0 Å². The molecule has 2 amide bonds. The standard InChI is InChI=1S/C29H28ClFN8O4/c30-27-21(6-3-7-23(27)31)22-15-37(29(43)39(28(22)42)16-24-32-34-35-33-24)17-26(41)36-11-9-20(10-12-36)38-13-8-18-4-1-2-5-19(18)14-25(38)40/h1-7,15,20H,8-14,16-17H2,(H,32,33,34,35). The Morgan fingerprint density at radius 2 is 1.77 bits per heavy atom. The molecule has 14 heteroatoms. The van der Waals surface area contributed by atoms with Crippen LogP contribution in [0.4, 0.5) is 4.39 Å². The molecule has 0 bridgehead atoms. The zero-order valence-corrected chi connectivity index (χ0v) is 23.8. The number of rotatable bonds is 6. The van der Waals surface area contributed by atoms with Gasteiger partial charge in [-0.3, -0.25) is 23.5 Å². The third kappa shape index (κ3) is 5.72. The van der Waals surface area contributed by atoms with Gasteiger partial charge in [0.1, 0.15) is 12.4 Å². The molecule has 2 aromatic carbocycles. The summed E-state index contributed by atoms with van der Waals surface area (Å²) in [5.74, 6) is -0.885. The van der Waals surface area contributed by atoms with E-state index in [-0.39, 0.29) is 52.9 Å². The number of H-pyrrole nitrogens is 1. The van der Waals surface area contributed by atoms with Crippen LogP contribution in [-0.4, -0.2) is 77.0 Å². The number of likely N-dealkylation sites (tertiary alicyclic amines) is 1. The van der Waals surface area contributed by atoms with E-state index in [1.54, 1.807) is 4.90 Å². The lowest BCUT2D eigenvalue weighted by Crippen LogP contribution is -2.50. The van der Waals surface area contributed by atoms with Gasteiger partial charge >= 0.3 is 5.69 Å². The highest BCUT2D eigenvalue weighted by molar-refractivity contribution is 6.33. The number of amides is 2. The van der Waals surface area contributed by atoms with Crippen molar-refractivity contribution in [3.05, 3.63) is 97.3 Å². The summed E-state index contributed by atoms with van der Waals surface area (Å²) in [7, 11) is 0. The Morgan fingerprint density at radius 3 is 2.51 bits per heavy atom. The average Bonchev–Trinajstić information content (AvgIpc) is 3.46. The number of carbonyl (C=O) groups is 2. The molecule has 0 spiro atoms. The van der Waals surface area contributed by atoms with Crippen molar-refractivity contribution < 1.29 is 14.0 Å². The summed E-state index contributed by atoms with van der Waals surface area (Å²) in [5.41, 5.74) is 0.781. The summed E-state index contributed by atoms with van der Waals surface area (Å²) in [6, 6.07) is 12.0. The lowest BCUT2D eigenvalue weighted by Gasteiger charge is -2.38. The van der Waals surface area contributed by atoms with Gasteiger partial charge in [0.2, 0.25) is 11.8 Å². The number of benzene rings is 2. The Labute approximate surface area is 249 Å². The van der Waals surface area contributed by atoms with E-state index < -0.39 is 17.1 Å². The number of halogens is 2. The third-order valence-electron chi connectivity index (χ3n) is 8.13. The summed E-state index contributed by atoms with van der Waals surface area (Å²) in [5, 5.41) is 13.1. The van der Waals surface area contributed by atoms with E-state index in [0.29, 0.717) is 38.9 Å². The third-order valence-corrected chi connectivity index (χ3v) is 8.52. The second-order valence-electron chi connectivity index (χ2n) is 10.7. The van der Waals surface area contributed by atoms with Crippen molar-refractivity contribution in [1.82, 2.24) is 39.6 Å². The van der Waals surface area contributed by atoms with Gasteiger partial charge in [-0.2, -0.15) is 5.21 Å². The normalized spacial score (nSPS) is 15.8. The highest BCUT2D eigenvalue weighted by Crippen LogP contribution is 2.28. The van der Waals surface area contributed by atoms with Crippen LogP contribution in [0, 0.1) is 5.82 Å². The minimum Gasteiger partial charge on any atom is -0.341 e. The first-order valence-electron chi connectivity index (χ1n) is 13.9. The van der Waals surface area contributed by atoms with E-state index in [1.165, 1.54) is 23.9 Å². The zero-order valence-electron chi connectivity index (χ0n) is 23.1. The van der Waals surface area contributed by atoms with Crippen LogP contribution in [0.2, 0.25) is 5.02 Å². The molecular weight excluding hydrogens is 579 g/mol. The largest absolute Gasteiger partial charge is 0.341 e. The lowest BCUT2D eigenvalue weighted by molar-refractivity contribution is -0.136. The molecule has 2 aliphatic rings. The maximum absolute atomic E-state index is 14.3. The van der Waals surface area contributed by atoms with Crippen LogP contribution < -0.4 is 11.2 Å². The fourth-order valence-corrected chi connectivity index (χ4v) is 6.08. The van der Waals surface area contributed by atoms with Gasteiger partial charge in [-0.1, -0.05) is 53.2 Å². The first kappa shape index (κ1) is 28.5. The molecule has 2 aromatic heterocycles. The number of aromatic amines is 1. The van der Waals surface area contributed by atoms with Gasteiger partial charge in [0, 0.05) is 37.4 Å². The Hall–Kier alpha value is -4.65. The molecule has 0 aliphatic carbocycles. The average molecular weight is 607 g/mol. The van der Waals surface area contributed by atoms with Crippen molar-refractivity contribution in [2.75, 3.05) is 19.6 Å². The van der Waals surface area contributed by atoms with Crippen LogP contribution in [-0.2, 0) is 35.5 Å². The monoisotopic (exact) mass is 606 g/mol. The predicted octanol–water partition coefficient (Wildman–Crippen LogP) is 1.65. The van der Waals surface area contributed by atoms with Crippen molar-refractivity contribution in [1.29, 1.82) is 0 Å². The Balaban J connectivity index is 1.21. The SMILES string of the molecule is O=C(Cn1cc(-c2cccc(F)c2Cl)c(=O)n(Cc2nn[nH]n2)c1=O)N1CCC(N2CCc3ccccc3CC2=O)CC1. The van der Waals surface area contributed by atoms with E-state index in [1.807, 2.05) is 23.1 Å². The first-order valence-corrected chi connectivity index (χ1v) is 14.3. The van der Waals surface area contributed by atoms with Crippen molar-refractivity contribution in [3.8, 4) is 11.1 Å². The van der Waals surface area contributed by atoms with Crippen molar-refractivity contribution in [2.45, 2.75) is 44.8 Å². The van der Waals surface area contributed by atoms with Crippen molar-refractivity contribution in [2.24, 2.45) is 0 Å². The van der Waals surface area contributed by atoms with E-state index in [9.17, 15) is 23.6 Å². The maximum Gasteiger partial charge on any atom is 0.331 e. The number of hydrogen-bond donors (Lipinski definition) is 1. The first-order chi connectivity index (χ1) is 20.8. The molecule has 0 unspecified atom stereocenters. The number of fused-ring (bicyclic) bond motifs is 1. The van der Waals surface area contributed by atoms with E-state index in [4.69, 9.17) is 11.6 Å². The van der Waals surface area contributed by atoms with Gasteiger partial charge < -0.3 is 9.80 Å². The smallest absolute Gasteiger partial charge is 0.331 e. The quantitative estimate of drug-likeness (QED) is 0.352. The highest BCUT2D eigenvalue weighted by atomic mass is 35.5. The molecule has 6 rings (SSSR count). The minimum absolute atomic E-state index is 0.0205. The zero-order chi connectivity index (χ0) is 30.1. The summed E-state index contributed by atoms with van der Waals surface area (Å²) in [6.07, 6.45) is 3.63. The fraction of sp³-hybridized carbons (Fsp3) is 0.345. The molecule has 1 saturated heterocycles. The van der Waals surface area contributed by atoms with Gasteiger partial charge in [-0.25, -0.2) is 9.18 Å². The predicted molar refractivity (Wildman–Crippen MR) is 154 cm³/mol. The summed E-state index contributed by atoms with van der Waals surface area (Å²) in [4.78, 5) is 56.9. The van der Waals surface area contributed by atoms with Crippen LogP contribution in [0.3, 0.4) is 0 Å². The molecule has 0 atom stereocenters. The number of nitrogens with zero attached hydrogens (tertiary/aromatic N) is 7. The second kappa shape index (κ2) is 11.9. The highest BCUT2D eigenvalue weighted by Gasteiger charge is 2.31. The van der Waals surface area contributed by atoms with Gasteiger partial charge in [0.25, 0.3) is 5.56 Å². The topological polar surface area (TPSA) is 139 Å². The summed E-state index contributed by atoms with van der Waals surface area (Å²) >= 11 is 6.19. The molecular formula is C29H28ClFN8O4.